The van der Waals surface area contributed by atoms with E-state index in [1.165, 1.54) is 0 Å². The number of methoxy groups -OCH3 is 1. The van der Waals surface area contributed by atoms with Gasteiger partial charge in [-0.3, -0.25) is 13.6 Å². The van der Waals surface area contributed by atoms with Gasteiger partial charge in [0.2, 0.25) is 0 Å². The third-order valence-corrected chi connectivity index (χ3v) is 3.82. The SMILES string of the molecule is CCOP(=O)(OCC)OCC(OC)C(C)(C)C. The fourth-order valence-electron chi connectivity index (χ4n) is 1.26. The Labute approximate surface area is 104 Å². The van der Waals surface area contributed by atoms with Crippen LogP contribution in [0.25, 0.3) is 0 Å². The summed E-state index contributed by atoms with van der Waals surface area (Å²) in [5.41, 5.74) is -0.0992. The molecule has 6 heteroatoms. The molecule has 0 amide bonds. The zero-order valence-corrected chi connectivity index (χ0v) is 12.6. The molecule has 1 unspecified atom stereocenters. The predicted octanol–water partition coefficient (Wildman–Crippen LogP) is 3.25. The molecule has 0 fully saturated rings. The minimum atomic E-state index is -3.44. The Hall–Kier alpha value is 0.0700. The van der Waals surface area contributed by atoms with Gasteiger partial charge in [0.1, 0.15) is 0 Å². The van der Waals surface area contributed by atoms with Crippen LogP contribution in [0.15, 0.2) is 0 Å². The van der Waals surface area contributed by atoms with Crippen molar-refractivity contribution in [2.24, 2.45) is 5.41 Å². The highest BCUT2D eigenvalue weighted by Gasteiger charge is 2.31. The van der Waals surface area contributed by atoms with E-state index in [0.717, 1.165) is 0 Å². The summed E-state index contributed by atoms with van der Waals surface area (Å²) in [5.74, 6) is 0. The number of ether oxygens (including phenoxy) is 1. The van der Waals surface area contributed by atoms with Crippen molar-refractivity contribution < 1.29 is 22.9 Å². The van der Waals surface area contributed by atoms with Crippen LogP contribution in [0.3, 0.4) is 0 Å². The molecule has 104 valence electrons. The molecular formula is C11H25O5P. The second-order valence-electron chi connectivity index (χ2n) is 4.67. The van der Waals surface area contributed by atoms with Crippen LogP contribution in [0.5, 0.6) is 0 Å². The third kappa shape index (κ3) is 6.53. The molecule has 0 aromatic heterocycles. The second kappa shape index (κ2) is 7.49. The van der Waals surface area contributed by atoms with Crippen molar-refractivity contribution in [3.05, 3.63) is 0 Å². The van der Waals surface area contributed by atoms with Crippen molar-refractivity contribution in [1.82, 2.24) is 0 Å². The van der Waals surface area contributed by atoms with Gasteiger partial charge in [-0.05, 0) is 19.3 Å². The fraction of sp³-hybridized carbons (Fsp3) is 1.00. The van der Waals surface area contributed by atoms with Gasteiger partial charge in [-0.2, -0.15) is 0 Å². The van der Waals surface area contributed by atoms with Gasteiger partial charge in [0.05, 0.1) is 25.9 Å². The number of hydrogen-bond acceptors (Lipinski definition) is 5. The number of rotatable bonds is 8. The topological polar surface area (TPSA) is 54.0 Å². The zero-order chi connectivity index (χ0) is 13.5. The molecule has 5 nitrogen and oxygen atoms in total. The molecule has 0 aromatic carbocycles. The maximum Gasteiger partial charge on any atom is 0.474 e. The maximum atomic E-state index is 12.0. The van der Waals surface area contributed by atoms with Gasteiger partial charge in [0, 0.05) is 7.11 Å². The van der Waals surface area contributed by atoms with E-state index in [0.29, 0.717) is 0 Å². The van der Waals surface area contributed by atoms with Crippen LogP contribution in [-0.2, 0) is 22.9 Å². The standard InChI is InChI=1S/C11H25O5P/c1-7-14-17(12,15-8-2)16-9-10(13-6)11(3,4)5/h10H,7-9H2,1-6H3. The first-order valence-electron chi connectivity index (χ1n) is 5.85. The third-order valence-electron chi connectivity index (χ3n) is 2.21. The number of phosphoric ester groups is 1. The summed E-state index contributed by atoms with van der Waals surface area (Å²) in [7, 11) is -1.83. The smallest absolute Gasteiger partial charge is 0.378 e. The summed E-state index contributed by atoms with van der Waals surface area (Å²) in [4.78, 5) is 0. The Kier molecular flexibility index (Phi) is 7.52. The van der Waals surface area contributed by atoms with Crippen LogP contribution in [0.4, 0.5) is 0 Å². The average Bonchev–Trinajstić information content (AvgIpc) is 2.17. The van der Waals surface area contributed by atoms with E-state index in [2.05, 4.69) is 0 Å². The molecule has 17 heavy (non-hydrogen) atoms. The van der Waals surface area contributed by atoms with Gasteiger partial charge in [-0.25, -0.2) is 4.57 Å². The highest BCUT2D eigenvalue weighted by atomic mass is 31.2. The van der Waals surface area contributed by atoms with Crippen molar-refractivity contribution in [3.8, 4) is 0 Å². The fourth-order valence-corrected chi connectivity index (χ4v) is 2.43. The molecule has 1 atom stereocenters. The van der Waals surface area contributed by atoms with E-state index in [1.807, 2.05) is 20.8 Å². The molecule has 0 spiro atoms. The second-order valence-corrected chi connectivity index (χ2v) is 6.34. The van der Waals surface area contributed by atoms with Gasteiger partial charge >= 0.3 is 7.82 Å². The lowest BCUT2D eigenvalue weighted by Crippen LogP contribution is -2.32. The zero-order valence-electron chi connectivity index (χ0n) is 11.7. The highest BCUT2D eigenvalue weighted by Crippen LogP contribution is 2.49. The molecule has 0 aromatic rings. The lowest BCUT2D eigenvalue weighted by atomic mass is 9.90. The van der Waals surface area contributed by atoms with E-state index in [1.54, 1.807) is 21.0 Å². The Morgan fingerprint density at radius 1 is 1.06 bits per heavy atom. The van der Waals surface area contributed by atoms with Gasteiger partial charge in [-0.1, -0.05) is 20.8 Å². The molecule has 0 aliphatic heterocycles. The average molecular weight is 268 g/mol. The highest BCUT2D eigenvalue weighted by molar-refractivity contribution is 7.48. The molecule has 0 rings (SSSR count). The molecule has 0 bridgehead atoms. The molecule has 0 aliphatic carbocycles. The van der Waals surface area contributed by atoms with Crippen LogP contribution in [0, 0.1) is 5.41 Å². The molecule has 0 saturated heterocycles. The lowest BCUT2D eigenvalue weighted by molar-refractivity contribution is -0.0260. The first-order chi connectivity index (χ1) is 7.79. The molecule has 0 saturated carbocycles. The predicted molar refractivity (Wildman–Crippen MR) is 67.1 cm³/mol. The summed E-state index contributed by atoms with van der Waals surface area (Å²) in [5, 5.41) is 0. The van der Waals surface area contributed by atoms with Crippen molar-refractivity contribution in [1.29, 1.82) is 0 Å². The summed E-state index contributed by atoms with van der Waals surface area (Å²) in [6.45, 7) is 10.3. The van der Waals surface area contributed by atoms with Crippen LogP contribution in [0.1, 0.15) is 34.6 Å². The summed E-state index contributed by atoms with van der Waals surface area (Å²) in [6.07, 6.45) is -0.170. The largest absolute Gasteiger partial charge is 0.474 e. The Balaban J connectivity index is 4.43. The first kappa shape index (κ1) is 17.1. The molecule has 0 radical (unpaired) electrons. The van der Waals surface area contributed by atoms with Gasteiger partial charge in [0.25, 0.3) is 0 Å². The van der Waals surface area contributed by atoms with Crippen LogP contribution >= 0.6 is 7.82 Å². The Morgan fingerprint density at radius 3 is 1.82 bits per heavy atom. The van der Waals surface area contributed by atoms with Crippen LogP contribution in [0.2, 0.25) is 0 Å². The molecule has 0 N–H and O–H groups in total. The maximum absolute atomic E-state index is 12.0. The minimum Gasteiger partial charge on any atom is -0.378 e. The van der Waals surface area contributed by atoms with E-state index in [-0.39, 0.29) is 31.3 Å². The van der Waals surface area contributed by atoms with Gasteiger partial charge in [0.15, 0.2) is 0 Å². The van der Waals surface area contributed by atoms with E-state index >= 15 is 0 Å². The Bertz CT molecular complexity index is 239. The minimum absolute atomic E-state index is 0.0992. The van der Waals surface area contributed by atoms with Crippen LogP contribution < -0.4 is 0 Å². The van der Waals surface area contributed by atoms with Crippen molar-refractivity contribution >= 4 is 7.82 Å². The monoisotopic (exact) mass is 268 g/mol. The number of phosphoric acid groups is 1. The van der Waals surface area contributed by atoms with Crippen molar-refractivity contribution in [2.75, 3.05) is 26.9 Å². The lowest BCUT2D eigenvalue weighted by Gasteiger charge is -2.30. The first-order valence-corrected chi connectivity index (χ1v) is 7.31. The quantitative estimate of drug-likeness (QED) is 0.632. The van der Waals surface area contributed by atoms with Crippen molar-refractivity contribution in [3.63, 3.8) is 0 Å². The molecule has 0 aliphatic rings. The normalized spacial score (nSPS) is 14.9. The summed E-state index contributed by atoms with van der Waals surface area (Å²) in [6, 6.07) is 0. The number of hydrogen-bond donors (Lipinski definition) is 0. The van der Waals surface area contributed by atoms with E-state index < -0.39 is 7.82 Å². The van der Waals surface area contributed by atoms with Crippen molar-refractivity contribution in [2.45, 2.75) is 40.7 Å². The van der Waals surface area contributed by atoms with Gasteiger partial charge in [-0.15, -0.1) is 0 Å². The molecular weight excluding hydrogens is 243 g/mol. The Morgan fingerprint density at radius 2 is 1.53 bits per heavy atom. The van der Waals surface area contributed by atoms with E-state index in [9.17, 15) is 4.57 Å². The van der Waals surface area contributed by atoms with Crippen LogP contribution in [-0.4, -0.2) is 33.0 Å². The van der Waals surface area contributed by atoms with Gasteiger partial charge < -0.3 is 4.74 Å². The molecule has 0 heterocycles. The summed E-state index contributed by atoms with van der Waals surface area (Å²) >= 11 is 0. The summed E-state index contributed by atoms with van der Waals surface area (Å²) < 4.78 is 32.7. The van der Waals surface area contributed by atoms with E-state index in [4.69, 9.17) is 18.3 Å².